The number of aliphatic hydroxyl groups excluding tert-OH is 1. The van der Waals surface area contributed by atoms with Crippen molar-refractivity contribution in [3.05, 3.63) is 59.0 Å². The molecular weight excluding hydrogens is 275 g/mol. The van der Waals surface area contributed by atoms with Gasteiger partial charge in [0, 0.05) is 11.9 Å². The average Bonchev–Trinajstić information content (AvgIpc) is 2.45. The molecule has 1 atom stereocenters. The number of benzene rings is 1. The second-order valence-electron chi connectivity index (χ2n) is 4.32. The van der Waals surface area contributed by atoms with Crippen LogP contribution in [-0.2, 0) is 0 Å². The molecule has 0 aliphatic heterocycles. The molecule has 1 N–H and O–H groups in total. The van der Waals surface area contributed by atoms with E-state index in [0.717, 1.165) is 5.56 Å². The summed E-state index contributed by atoms with van der Waals surface area (Å²) >= 11 is 1.36. The van der Waals surface area contributed by atoms with Crippen LogP contribution >= 0.6 is 11.8 Å². The van der Waals surface area contributed by atoms with Crippen molar-refractivity contribution in [2.24, 2.45) is 0 Å². The number of halogens is 1. The number of rotatable bonds is 4. The van der Waals surface area contributed by atoms with Gasteiger partial charge in [-0.3, -0.25) is 0 Å². The normalized spacial score (nSPS) is 11.9. The van der Waals surface area contributed by atoms with E-state index in [1.54, 1.807) is 31.3 Å². The van der Waals surface area contributed by atoms with Gasteiger partial charge in [0.2, 0.25) is 0 Å². The van der Waals surface area contributed by atoms with Crippen LogP contribution in [0.4, 0.5) is 4.39 Å². The predicted octanol–water partition coefficient (Wildman–Crippen LogP) is 3.23. The van der Waals surface area contributed by atoms with E-state index in [0.29, 0.717) is 21.9 Å². The lowest BCUT2D eigenvalue weighted by molar-refractivity contribution is 0.203. The molecule has 0 aliphatic rings. The second-order valence-corrected chi connectivity index (χ2v) is 5.36. The van der Waals surface area contributed by atoms with E-state index in [4.69, 9.17) is 5.26 Å². The molecule has 20 heavy (non-hydrogen) atoms. The van der Waals surface area contributed by atoms with Crippen molar-refractivity contribution in [2.75, 3.05) is 5.75 Å². The molecule has 1 aromatic carbocycles. The molecule has 102 valence electrons. The van der Waals surface area contributed by atoms with E-state index >= 15 is 0 Å². The number of hydrogen-bond acceptors (Lipinski definition) is 4. The van der Waals surface area contributed by atoms with E-state index in [2.05, 4.69) is 4.98 Å². The Bertz CT molecular complexity index is 655. The van der Waals surface area contributed by atoms with Gasteiger partial charge >= 0.3 is 0 Å². The fourth-order valence-corrected chi connectivity index (χ4v) is 2.68. The standard InChI is InChI=1S/C15H13FN2OS/c1-10-6-12(16)2-3-13(10)14(19)9-20-15-7-11(8-17)4-5-18-15/h2-7,14,19H,9H2,1H3. The maximum absolute atomic E-state index is 13.0. The lowest BCUT2D eigenvalue weighted by Crippen LogP contribution is -2.03. The molecule has 0 saturated heterocycles. The van der Waals surface area contributed by atoms with Crippen molar-refractivity contribution >= 4 is 11.8 Å². The topological polar surface area (TPSA) is 56.9 Å². The lowest BCUT2D eigenvalue weighted by Gasteiger charge is -2.13. The number of thioether (sulfide) groups is 1. The van der Waals surface area contributed by atoms with Crippen molar-refractivity contribution in [1.29, 1.82) is 5.26 Å². The molecule has 0 bridgehead atoms. The molecule has 5 heteroatoms. The largest absolute Gasteiger partial charge is 0.388 e. The Morgan fingerprint density at radius 2 is 2.20 bits per heavy atom. The summed E-state index contributed by atoms with van der Waals surface area (Å²) in [5, 5.41) is 19.6. The van der Waals surface area contributed by atoms with Gasteiger partial charge in [0.25, 0.3) is 0 Å². The molecular formula is C15H13FN2OS. The van der Waals surface area contributed by atoms with Gasteiger partial charge in [-0.25, -0.2) is 9.37 Å². The molecule has 0 saturated carbocycles. The first kappa shape index (κ1) is 14.5. The first-order valence-electron chi connectivity index (χ1n) is 6.03. The number of aliphatic hydroxyl groups is 1. The molecule has 0 fully saturated rings. The third-order valence-electron chi connectivity index (χ3n) is 2.84. The fraction of sp³-hybridized carbons (Fsp3) is 0.200. The zero-order valence-corrected chi connectivity index (χ0v) is 11.7. The highest BCUT2D eigenvalue weighted by atomic mass is 32.2. The summed E-state index contributed by atoms with van der Waals surface area (Å²) in [7, 11) is 0. The summed E-state index contributed by atoms with van der Waals surface area (Å²) in [6.45, 7) is 1.76. The molecule has 1 heterocycles. The van der Waals surface area contributed by atoms with Gasteiger partial charge in [-0.05, 0) is 42.3 Å². The Kier molecular flexibility index (Phi) is 4.72. The predicted molar refractivity (Wildman–Crippen MR) is 75.8 cm³/mol. The number of pyridine rings is 1. The number of hydrogen-bond donors (Lipinski definition) is 1. The van der Waals surface area contributed by atoms with Gasteiger partial charge in [0.15, 0.2) is 0 Å². The molecule has 3 nitrogen and oxygen atoms in total. The Labute approximate surface area is 121 Å². The van der Waals surface area contributed by atoms with Gasteiger partial charge in [-0.15, -0.1) is 11.8 Å². The summed E-state index contributed by atoms with van der Waals surface area (Å²) in [5.41, 5.74) is 1.96. The third-order valence-corrected chi connectivity index (χ3v) is 3.85. The maximum atomic E-state index is 13.0. The minimum Gasteiger partial charge on any atom is -0.388 e. The molecule has 2 aromatic rings. The van der Waals surface area contributed by atoms with Crippen LogP contribution in [0.5, 0.6) is 0 Å². The first-order chi connectivity index (χ1) is 9.60. The number of aryl methyl sites for hydroxylation is 1. The molecule has 0 aliphatic carbocycles. The summed E-state index contributed by atoms with van der Waals surface area (Å²) in [5.74, 6) is 0.0865. The van der Waals surface area contributed by atoms with E-state index in [1.165, 1.54) is 23.9 Å². The second kappa shape index (κ2) is 6.51. The van der Waals surface area contributed by atoms with E-state index in [1.807, 2.05) is 6.07 Å². The van der Waals surface area contributed by atoms with Crippen molar-refractivity contribution in [3.8, 4) is 6.07 Å². The van der Waals surface area contributed by atoms with Gasteiger partial charge in [0.1, 0.15) is 5.82 Å². The molecule has 1 unspecified atom stereocenters. The Morgan fingerprint density at radius 1 is 1.40 bits per heavy atom. The van der Waals surface area contributed by atoms with E-state index in [9.17, 15) is 9.50 Å². The van der Waals surface area contributed by atoms with E-state index in [-0.39, 0.29) is 5.82 Å². The van der Waals surface area contributed by atoms with Crippen LogP contribution in [0.3, 0.4) is 0 Å². The van der Waals surface area contributed by atoms with Crippen LogP contribution in [0, 0.1) is 24.1 Å². The molecule has 0 radical (unpaired) electrons. The average molecular weight is 288 g/mol. The van der Waals surface area contributed by atoms with Crippen molar-refractivity contribution in [1.82, 2.24) is 4.98 Å². The van der Waals surface area contributed by atoms with Crippen LogP contribution in [0.2, 0.25) is 0 Å². The maximum Gasteiger partial charge on any atom is 0.123 e. The van der Waals surface area contributed by atoms with Crippen LogP contribution in [0.15, 0.2) is 41.6 Å². The number of aromatic nitrogens is 1. The zero-order chi connectivity index (χ0) is 14.5. The summed E-state index contributed by atoms with van der Waals surface area (Å²) in [4.78, 5) is 4.13. The SMILES string of the molecule is Cc1cc(F)ccc1C(O)CSc1cc(C#N)ccn1. The minimum atomic E-state index is -0.701. The van der Waals surface area contributed by atoms with Crippen LogP contribution in [0.25, 0.3) is 0 Å². The minimum absolute atomic E-state index is 0.311. The van der Waals surface area contributed by atoms with Crippen LogP contribution in [0.1, 0.15) is 22.8 Å². The van der Waals surface area contributed by atoms with Gasteiger partial charge in [-0.1, -0.05) is 6.07 Å². The zero-order valence-electron chi connectivity index (χ0n) is 10.9. The smallest absolute Gasteiger partial charge is 0.123 e. The Balaban J connectivity index is 2.04. The van der Waals surface area contributed by atoms with Crippen LogP contribution < -0.4 is 0 Å². The Morgan fingerprint density at radius 3 is 2.90 bits per heavy atom. The quantitative estimate of drug-likeness (QED) is 0.878. The molecule has 1 aromatic heterocycles. The number of nitrogens with zero attached hydrogens (tertiary/aromatic N) is 2. The summed E-state index contributed by atoms with van der Waals surface area (Å²) < 4.78 is 13.0. The highest BCUT2D eigenvalue weighted by Gasteiger charge is 2.12. The van der Waals surface area contributed by atoms with Gasteiger partial charge in [0.05, 0.1) is 22.8 Å². The van der Waals surface area contributed by atoms with Crippen molar-refractivity contribution < 1.29 is 9.50 Å². The fourth-order valence-electron chi connectivity index (χ4n) is 1.83. The highest BCUT2D eigenvalue weighted by molar-refractivity contribution is 7.99. The summed E-state index contributed by atoms with van der Waals surface area (Å²) in [6, 6.07) is 9.68. The number of nitriles is 1. The Hall–Kier alpha value is -1.90. The summed E-state index contributed by atoms with van der Waals surface area (Å²) in [6.07, 6.45) is 0.865. The molecule has 2 rings (SSSR count). The van der Waals surface area contributed by atoms with E-state index < -0.39 is 6.10 Å². The van der Waals surface area contributed by atoms with Crippen LogP contribution in [-0.4, -0.2) is 15.8 Å². The molecule has 0 spiro atoms. The third kappa shape index (κ3) is 3.56. The highest BCUT2D eigenvalue weighted by Crippen LogP contribution is 2.26. The first-order valence-corrected chi connectivity index (χ1v) is 7.02. The monoisotopic (exact) mass is 288 g/mol. The lowest BCUT2D eigenvalue weighted by atomic mass is 10.0. The van der Waals surface area contributed by atoms with Crippen molar-refractivity contribution in [3.63, 3.8) is 0 Å². The van der Waals surface area contributed by atoms with Gasteiger partial charge in [-0.2, -0.15) is 5.26 Å². The molecule has 0 amide bonds. The van der Waals surface area contributed by atoms with Crippen molar-refractivity contribution in [2.45, 2.75) is 18.1 Å². The van der Waals surface area contributed by atoms with Gasteiger partial charge < -0.3 is 5.11 Å².